The maximum absolute atomic E-state index is 11.6. The molecular weight excluding hydrogens is 252 g/mol. The molecular formula is C12H18N2OS2. The summed E-state index contributed by atoms with van der Waals surface area (Å²) in [7, 11) is 0. The Kier molecular flexibility index (Phi) is 5.35. The van der Waals surface area contributed by atoms with Crippen LogP contribution in [0, 0.1) is 0 Å². The van der Waals surface area contributed by atoms with Crippen molar-refractivity contribution in [2.45, 2.75) is 18.9 Å². The summed E-state index contributed by atoms with van der Waals surface area (Å²) in [6.07, 6.45) is 2.58. The Morgan fingerprint density at radius 3 is 3.12 bits per heavy atom. The summed E-state index contributed by atoms with van der Waals surface area (Å²) in [6, 6.07) is 4.38. The van der Waals surface area contributed by atoms with Crippen molar-refractivity contribution in [2.75, 3.05) is 24.6 Å². The van der Waals surface area contributed by atoms with E-state index in [0.717, 1.165) is 11.4 Å². The highest BCUT2D eigenvalue weighted by Crippen LogP contribution is 2.16. The highest BCUT2D eigenvalue weighted by Gasteiger charge is 2.12. The zero-order valence-corrected chi connectivity index (χ0v) is 11.4. The lowest BCUT2D eigenvalue weighted by Crippen LogP contribution is -2.39. The average Bonchev–Trinajstić information content (AvgIpc) is 2.89. The molecule has 2 rings (SSSR count). The van der Waals surface area contributed by atoms with Gasteiger partial charge in [-0.25, -0.2) is 0 Å². The summed E-state index contributed by atoms with van der Waals surface area (Å²) in [5.74, 6) is 2.55. The number of hydrogen-bond donors (Lipinski definition) is 2. The van der Waals surface area contributed by atoms with Crippen LogP contribution in [-0.2, 0) is 0 Å². The number of nitrogens with one attached hydrogen (secondary N) is 2. The second kappa shape index (κ2) is 7.03. The molecule has 1 amide bonds. The molecule has 3 nitrogen and oxygen atoms in total. The summed E-state index contributed by atoms with van der Waals surface area (Å²) < 4.78 is 0. The minimum atomic E-state index is 0.0415. The minimum Gasteiger partial charge on any atom is -0.350 e. The SMILES string of the molecule is O=C(NCCNC1CCCSC1)c1cccs1. The van der Waals surface area contributed by atoms with Crippen LogP contribution >= 0.6 is 23.1 Å². The number of thiophene rings is 1. The Morgan fingerprint density at radius 2 is 2.41 bits per heavy atom. The Labute approximate surface area is 110 Å². The van der Waals surface area contributed by atoms with Gasteiger partial charge in [0.2, 0.25) is 0 Å². The van der Waals surface area contributed by atoms with Crippen molar-refractivity contribution in [2.24, 2.45) is 0 Å². The van der Waals surface area contributed by atoms with E-state index in [1.54, 1.807) is 0 Å². The van der Waals surface area contributed by atoms with Crippen LogP contribution in [0.15, 0.2) is 17.5 Å². The Balaban J connectivity index is 1.58. The molecule has 0 saturated carbocycles. The second-order valence-corrected chi connectivity index (χ2v) is 6.20. The molecule has 5 heteroatoms. The van der Waals surface area contributed by atoms with E-state index in [9.17, 15) is 4.79 Å². The maximum atomic E-state index is 11.6. The number of rotatable bonds is 5. The standard InChI is InChI=1S/C12H18N2OS2/c15-12(11-4-2-8-17-11)14-6-5-13-10-3-1-7-16-9-10/h2,4,8,10,13H,1,3,5-7,9H2,(H,14,15). The fraction of sp³-hybridized carbons (Fsp3) is 0.583. The molecule has 1 aromatic rings. The number of amides is 1. The van der Waals surface area contributed by atoms with Gasteiger partial charge in [0.15, 0.2) is 0 Å². The molecule has 0 spiro atoms. The Bertz CT molecular complexity index is 334. The van der Waals surface area contributed by atoms with Crippen LogP contribution in [0.1, 0.15) is 22.5 Å². The zero-order chi connectivity index (χ0) is 11.9. The first kappa shape index (κ1) is 12.9. The average molecular weight is 270 g/mol. The lowest BCUT2D eigenvalue weighted by molar-refractivity contribution is 0.0957. The van der Waals surface area contributed by atoms with E-state index in [2.05, 4.69) is 10.6 Å². The van der Waals surface area contributed by atoms with Crippen molar-refractivity contribution < 1.29 is 4.79 Å². The van der Waals surface area contributed by atoms with Gasteiger partial charge in [-0.2, -0.15) is 11.8 Å². The first-order valence-electron chi connectivity index (χ1n) is 5.99. The molecule has 1 saturated heterocycles. The van der Waals surface area contributed by atoms with Crippen molar-refractivity contribution in [1.29, 1.82) is 0 Å². The third-order valence-electron chi connectivity index (χ3n) is 2.75. The zero-order valence-electron chi connectivity index (χ0n) is 9.78. The number of thioether (sulfide) groups is 1. The van der Waals surface area contributed by atoms with Crippen LogP contribution in [0.3, 0.4) is 0 Å². The van der Waals surface area contributed by atoms with Crippen LogP contribution in [0.25, 0.3) is 0 Å². The molecule has 2 heterocycles. The van der Waals surface area contributed by atoms with Gasteiger partial charge < -0.3 is 10.6 Å². The van der Waals surface area contributed by atoms with Crippen molar-refractivity contribution >= 4 is 29.0 Å². The van der Waals surface area contributed by atoms with Gasteiger partial charge in [0.25, 0.3) is 5.91 Å². The van der Waals surface area contributed by atoms with E-state index in [1.807, 2.05) is 29.3 Å². The third-order valence-corrected chi connectivity index (χ3v) is 4.83. The summed E-state index contributed by atoms with van der Waals surface area (Å²) in [5, 5.41) is 8.34. The number of hydrogen-bond acceptors (Lipinski definition) is 4. The summed E-state index contributed by atoms with van der Waals surface area (Å²) in [6.45, 7) is 1.57. The molecule has 1 aliphatic rings. The van der Waals surface area contributed by atoms with Gasteiger partial charge >= 0.3 is 0 Å². The molecule has 1 atom stereocenters. The van der Waals surface area contributed by atoms with E-state index in [4.69, 9.17) is 0 Å². The molecule has 0 radical (unpaired) electrons. The first-order chi connectivity index (χ1) is 8.36. The Hall–Kier alpha value is -0.520. The minimum absolute atomic E-state index is 0.0415. The van der Waals surface area contributed by atoms with Crippen LogP contribution in [-0.4, -0.2) is 36.5 Å². The van der Waals surface area contributed by atoms with Crippen LogP contribution in [0.4, 0.5) is 0 Å². The fourth-order valence-corrected chi connectivity index (χ4v) is 3.60. The van der Waals surface area contributed by atoms with Gasteiger partial charge in [-0.1, -0.05) is 6.07 Å². The van der Waals surface area contributed by atoms with E-state index >= 15 is 0 Å². The summed E-state index contributed by atoms with van der Waals surface area (Å²) in [4.78, 5) is 12.4. The highest BCUT2D eigenvalue weighted by molar-refractivity contribution is 7.99. The Morgan fingerprint density at radius 1 is 1.47 bits per heavy atom. The molecule has 17 heavy (non-hydrogen) atoms. The van der Waals surface area contributed by atoms with Crippen molar-refractivity contribution in [3.05, 3.63) is 22.4 Å². The lowest BCUT2D eigenvalue weighted by Gasteiger charge is -2.22. The predicted molar refractivity (Wildman–Crippen MR) is 75.0 cm³/mol. The highest BCUT2D eigenvalue weighted by atomic mass is 32.2. The fourth-order valence-electron chi connectivity index (χ4n) is 1.85. The molecule has 2 N–H and O–H groups in total. The van der Waals surface area contributed by atoms with Gasteiger partial charge in [-0.15, -0.1) is 11.3 Å². The molecule has 1 fully saturated rings. The van der Waals surface area contributed by atoms with E-state index in [1.165, 1.54) is 35.7 Å². The van der Waals surface area contributed by atoms with Gasteiger partial charge in [0.1, 0.15) is 0 Å². The predicted octanol–water partition coefficient (Wildman–Crippen LogP) is 1.96. The van der Waals surface area contributed by atoms with Gasteiger partial charge in [-0.3, -0.25) is 4.79 Å². The molecule has 1 aromatic heterocycles. The molecule has 0 aliphatic carbocycles. The van der Waals surface area contributed by atoms with Crippen molar-refractivity contribution in [3.8, 4) is 0 Å². The lowest BCUT2D eigenvalue weighted by atomic mass is 10.2. The monoisotopic (exact) mass is 270 g/mol. The van der Waals surface area contributed by atoms with Crippen LogP contribution in [0.2, 0.25) is 0 Å². The molecule has 0 aromatic carbocycles. The van der Waals surface area contributed by atoms with E-state index in [-0.39, 0.29) is 5.91 Å². The smallest absolute Gasteiger partial charge is 0.261 e. The number of carbonyl (C=O) groups excluding carboxylic acids is 1. The number of carbonyl (C=O) groups is 1. The van der Waals surface area contributed by atoms with E-state index < -0.39 is 0 Å². The molecule has 1 aliphatic heterocycles. The largest absolute Gasteiger partial charge is 0.350 e. The molecule has 0 bridgehead atoms. The van der Waals surface area contributed by atoms with Crippen LogP contribution in [0.5, 0.6) is 0 Å². The van der Waals surface area contributed by atoms with Gasteiger partial charge in [0.05, 0.1) is 4.88 Å². The third kappa shape index (κ3) is 4.33. The molecule has 1 unspecified atom stereocenters. The van der Waals surface area contributed by atoms with Gasteiger partial charge in [-0.05, 0) is 30.0 Å². The summed E-state index contributed by atoms with van der Waals surface area (Å²) >= 11 is 3.50. The topological polar surface area (TPSA) is 41.1 Å². The first-order valence-corrected chi connectivity index (χ1v) is 8.02. The van der Waals surface area contributed by atoms with E-state index in [0.29, 0.717) is 12.6 Å². The normalized spacial score (nSPS) is 20.1. The second-order valence-electron chi connectivity index (χ2n) is 4.10. The van der Waals surface area contributed by atoms with Crippen molar-refractivity contribution in [1.82, 2.24) is 10.6 Å². The van der Waals surface area contributed by atoms with Crippen LogP contribution < -0.4 is 10.6 Å². The quantitative estimate of drug-likeness (QED) is 0.804. The summed E-state index contributed by atoms with van der Waals surface area (Å²) in [5.41, 5.74) is 0. The van der Waals surface area contributed by atoms with Gasteiger partial charge in [0, 0.05) is 24.9 Å². The maximum Gasteiger partial charge on any atom is 0.261 e. The molecule has 94 valence electrons. The van der Waals surface area contributed by atoms with Crippen molar-refractivity contribution in [3.63, 3.8) is 0 Å².